The Morgan fingerprint density at radius 1 is 1.00 bits per heavy atom. The number of aliphatic hydroxyl groups is 1. The van der Waals surface area contributed by atoms with Crippen LogP contribution in [-0.2, 0) is 0 Å². The Morgan fingerprint density at radius 3 is 2.47 bits per heavy atom. The molecule has 1 N–H and O–H groups in total. The number of rotatable bonds is 3. The van der Waals surface area contributed by atoms with Gasteiger partial charge in [0, 0.05) is 18.0 Å². The van der Waals surface area contributed by atoms with Crippen LogP contribution in [0.1, 0.15) is 17.6 Å². The van der Waals surface area contributed by atoms with Crippen molar-refractivity contribution in [3.8, 4) is 11.4 Å². The van der Waals surface area contributed by atoms with E-state index in [9.17, 15) is 5.11 Å². The second-order valence-electron chi connectivity index (χ2n) is 4.01. The first-order chi connectivity index (χ1) is 9.34. The van der Waals surface area contributed by atoms with Gasteiger partial charge in [0.25, 0.3) is 5.89 Å². The van der Waals surface area contributed by atoms with Crippen LogP contribution in [-0.4, -0.2) is 20.2 Å². The van der Waals surface area contributed by atoms with Crippen molar-refractivity contribution >= 4 is 0 Å². The average Bonchev–Trinajstić information content (AvgIpc) is 2.98. The van der Waals surface area contributed by atoms with Crippen molar-refractivity contribution in [2.75, 3.05) is 0 Å². The molecule has 0 radical (unpaired) electrons. The molecule has 3 aromatic rings. The van der Waals surface area contributed by atoms with E-state index in [1.54, 1.807) is 36.7 Å². The van der Waals surface area contributed by atoms with Gasteiger partial charge in [0.2, 0.25) is 5.82 Å². The number of aromatic nitrogens is 3. The summed E-state index contributed by atoms with van der Waals surface area (Å²) in [7, 11) is 0. The van der Waals surface area contributed by atoms with Gasteiger partial charge in [-0.2, -0.15) is 4.98 Å². The molecule has 1 atom stereocenters. The summed E-state index contributed by atoms with van der Waals surface area (Å²) in [5, 5.41) is 14.0. The van der Waals surface area contributed by atoms with Crippen molar-refractivity contribution in [1.29, 1.82) is 0 Å². The molecule has 19 heavy (non-hydrogen) atoms. The van der Waals surface area contributed by atoms with E-state index < -0.39 is 6.10 Å². The lowest BCUT2D eigenvalue weighted by molar-refractivity contribution is 0.170. The van der Waals surface area contributed by atoms with Gasteiger partial charge in [0.15, 0.2) is 6.10 Å². The normalized spacial score (nSPS) is 12.3. The highest BCUT2D eigenvalue weighted by atomic mass is 16.5. The minimum absolute atomic E-state index is 0.179. The Kier molecular flexibility index (Phi) is 3.04. The second kappa shape index (κ2) is 4.99. The first kappa shape index (κ1) is 11.6. The molecule has 1 unspecified atom stereocenters. The molecule has 0 spiro atoms. The van der Waals surface area contributed by atoms with Crippen LogP contribution in [0.3, 0.4) is 0 Å². The molecule has 0 saturated heterocycles. The monoisotopic (exact) mass is 253 g/mol. The van der Waals surface area contributed by atoms with Crippen LogP contribution in [0.2, 0.25) is 0 Å². The fourth-order valence-electron chi connectivity index (χ4n) is 1.74. The number of hydrogen-bond donors (Lipinski definition) is 1. The molecule has 0 bridgehead atoms. The van der Waals surface area contributed by atoms with Crippen LogP contribution in [0.4, 0.5) is 0 Å². The largest absolute Gasteiger partial charge is 0.378 e. The SMILES string of the molecule is OC(c1ccccc1)c1nc(-c2ccncc2)no1. The first-order valence-corrected chi connectivity index (χ1v) is 5.81. The number of pyridine rings is 1. The summed E-state index contributed by atoms with van der Waals surface area (Å²) < 4.78 is 5.10. The fourth-order valence-corrected chi connectivity index (χ4v) is 1.74. The molecule has 5 heteroatoms. The number of aliphatic hydroxyl groups excluding tert-OH is 1. The summed E-state index contributed by atoms with van der Waals surface area (Å²) in [5.74, 6) is 0.616. The maximum atomic E-state index is 10.1. The van der Waals surface area contributed by atoms with Crippen LogP contribution in [0.25, 0.3) is 11.4 Å². The van der Waals surface area contributed by atoms with E-state index in [-0.39, 0.29) is 5.89 Å². The van der Waals surface area contributed by atoms with Gasteiger partial charge in [-0.15, -0.1) is 0 Å². The third kappa shape index (κ3) is 2.36. The Hall–Kier alpha value is -2.53. The molecule has 2 heterocycles. The smallest absolute Gasteiger partial charge is 0.260 e. The molecular weight excluding hydrogens is 242 g/mol. The summed E-state index contributed by atoms with van der Waals surface area (Å²) in [6, 6.07) is 12.7. The topological polar surface area (TPSA) is 72.0 Å². The standard InChI is InChI=1S/C14H11N3O2/c18-12(10-4-2-1-3-5-10)14-16-13(17-19-14)11-6-8-15-9-7-11/h1-9,12,18H. The lowest BCUT2D eigenvalue weighted by Gasteiger charge is -2.04. The number of hydrogen-bond acceptors (Lipinski definition) is 5. The van der Waals surface area contributed by atoms with E-state index in [2.05, 4.69) is 15.1 Å². The van der Waals surface area contributed by atoms with E-state index in [1.165, 1.54) is 0 Å². The highest BCUT2D eigenvalue weighted by Gasteiger charge is 2.18. The quantitative estimate of drug-likeness (QED) is 0.774. The molecule has 1 aromatic carbocycles. The van der Waals surface area contributed by atoms with E-state index in [4.69, 9.17) is 4.52 Å². The highest BCUT2D eigenvalue weighted by Crippen LogP contribution is 2.22. The van der Waals surface area contributed by atoms with Crippen molar-refractivity contribution in [2.24, 2.45) is 0 Å². The zero-order valence-electron chi connectivity index (χ0n) is 9.97. The predicted octanol–water partition coefficient (Wildman–Crippen LogP) is 2.21. The molecule has 3 rings (SSSR count). The molecule has 94 valence electrons. The molecule has 0 fully saturated rings. The van der Waals surface area contributed by atoms with Crippen molar-refractivity contribution in [3.05, 3.63) is 66.3 Å². The Bertz CT molecular complexity index is 653. The van der Waals surface area contributed by atoms with Crippen LogP contribution < -0.4 is 0 Å². The molecule has 0 amide bonds. The summed E-state index contributed by atoms with van der Waals surface area (Å²) in [4.78, 5) is 8.13. The van der Waals surface area contributed by atoms with Crippen LogP contribution in [0.15, 0.2) is 59.4 Å². The van der Waals surface area contributed by atoms with Gasteiger partial charge in [-0.3, -0.25) is 4.98 Å². The second-order valence-corrected chi connectivity index (χ2v) is 4.01. The van der Waals surface area contributed by atoms with Crippen molar-refractivity contribution in [3.63, 3.8) is 0 Å². The summed E-state index contributed by atoms with van der Waals surface area (Å²) in [5.41, 5.74) is 1.51. The first-order valence-electron chi connectivity index (χ1n) is 5.81. The van der Waals surface area contributed by atoms with Gasteiger partial charge in [-0.1, -0.05) is 35.5 Å². The van der Waals surface area contributed by atoms with Crippen molar-refractivity contribution < 1.29 is 9.63 Å². The number of benzene rings is 1. The molecule has 0 saturated carbocycles. The van der Waals surface area contributed by atoms with Gasteiger partial charge < -0.3 is 9.63 Å². The lowest BCUT2D eigenvalue weighted by atomic mass is 10.1. The molecule has 0 aliphatic rings. The third-order valence-corrected chi connectivity index (χ3v) is 2.73. The van der Waals surface area contributed by atoms with Gasteiger partial charge >= 0.3 is 0 Å². The lowest BCUT2D eigenvalue weighted by Crippen LogP contribution is -1.99. The number of nitrogens with zero attached hydrogens (tertiary/aromatic N) is 3. The maximum absolute atomic E-state index is 10.1. The molecule has 5 nitrogen and oxygen atoms in total. The maximum Gasteiger partial charge on any atom is 0.260 e. The Balaban J connectivity index is 1.90. The van der Waals surface area contributed by atoms with E-state index >= 15 is 0 Å². The van der Waals surface area contributed by atoms with Crippen LogP contribution in [0, 0.1) is 0 Å². The minimum Gasteiger partial charge on any atom is -0.378 e. The average molecular weight is 253 g/mol. The van der Waals surface area contributed by atoms with Gasteiger partial charge in [0.05, 0.1) is 0 Å². The molecule has 2 aromatic heterocycles. The Labute approximate surface area is 109 Å². The van der Waals surface area contributed by atoms with Gasteiger partial charge in [-0.05, 0) is 17.7 Å². The molecule has 0 aliphatic carbocycles. The van der Waals surface area contributed by atoms with Crippen LogP contribution in [0.5, 0.6) is 0 Å². The molecular formula is C14H11N3O2. The van der Waals surface area contributed by atoms with Crippen LogP contribution >= 0.6 is 0 Å². The zero-order valence-corrected chi connectivity index (χ0v) is 9.97. The van der Waals surface area contributed by atoms with Crippen molar-refractivity contribution in [1.82, 2.24) is 15.1 Å². The van der Waals surface area contributed by atoms with E-state index in [0.29, 0.717) is 11.4 Å². The summed E-state index contributed by atoms with van der Waals surface area (Å²) in [6.07, 6.45) is 2.39. The van der Waals surface area contributed by atoms with Crippen molar-refractivity contribution in [2.45, 2.75) is 6.10 Å². The van der Waals surface area contributed by atoms with Gasteiger partial charge in [0.1, 0.15) is 0 Å². The summed E-state index contributed by atoms with van der Waals surface area (Å²) >= 11 is 0. The van der Waals surface area contributed by atoms with Gasteiger partial charge in [-0.25, -0.2) is 0 Å². The summed E-state index contributed by atoms with van der Waals surface area (Å²) in [6.45, 7) is 0. The molecule has 0 aliphatic heterocycles. The predicted molar refractivity (Wildman–Crippen MR) is 68.0 cm³/mol. The minimum atomic E-state index is -0.913. The Morgan fingerprint density at radius 2 is 1.74 bits per heavy atom. The third-order valence-electron chi connectivity index (χ3n) is 2.73. The van der Waals surface area contributed by atoms with E-state index in [1.807, 2.05) is 18.2 Å². The zero-order chi connectivity index (χ0) is 13.1. The highest BCUT2D eigenvalue weighted by molar-refractivity contribution is 5.52. The van der Waals surface area contributed by atoms with E-state index in [0.717, 1.165) is 5.56 Å². The fraction of sp³-hybridized carbons (Fsp3) is 0.0714.